The van der Waals surface area contributed by atoms with Crippen LogP contribution in [0.3, 0.4) is 0 Å². The minimum absolute atomic E-state index is 0. The summed E-state index contributed by atoms with van der Waals surface area (Å²) in [6, 6.07) is 0.512. The van der Waals surface area contributed by atoms with Crippen molar-refractivity contribution < 1.29 is 4.74 Å². The first-order valence-electron chi connectivity index (χ1n) is 9.28. The number of ether oxygens (including phenoxy) is 1. The Hall–Kier alpha value is -0.0800. The quantitative estimate of drug-likeness (QED) is 0.303. The van der Waals surface area contributed by atoms with Gasteiger partial charge < -0.3 is 15.4 Å². The minimum Gasteiger partial charge on any atom is -0.385 e. The third-order valence-corrected chi connectivity index (χ3v) is 5.36. The van der Waals surface area contributed by atoms with Crippen molar-refractivity contribution in [2.45, 2.75) is 58.9 Å². The van der Waals surface area contributed by atoms with E-state index in [9.17, 15) is 0 Å². The van der Waals surface area contributed by atoms with Gasteiger partial charge in [0.25, 0.3) is 0 Å². The van der Waals surface area contributed by atoms with Gasteiger partial charge in [0, 0.05) is 39.9 Å². The van der Waals surface area contributed by atoms with Gasteiger partial charge in [0.2, 0.25) is 0 Å². The van der Waals surface area contributed by atoms with Crippen LogP contribution in [0, 0.1) is 5.41 Å². The van der Waals surface area contributed by atoms with Gasteiger partial charge in [-0.15, -0.1) is 24.0 Å². The molecule has 0 saturated heterocycles. The van der Waals surface area contributed by atoms with E-state index < -0.39 is 0 Å². The Labute approximate surface area is 166 Å². The van der Waals surface area contributed by atoms with Crippen LogP contribution in [0.15, 0.2) is 4.99 Å². The van der Waals surface area contributed by atoms with Gasteiger partial charge in [0.05, 0.1) is 0 Å². The predicted octanol–water partition coefficient (Wildman–Crippen LogP) is 3.10. The van der Waals surface area contributed by atoms with E-state index in [0.717, 1.165) is 45.2 Å². The van der Waals surface area contributed by atoms with Crippen LogP contribution in [-0.2, 0) is 4.74 Å². The van der Waals surface area contributed by atoms with Crippen molar-refractivity contribution in [2.75, 3.05) is 46.9 Å². The lowest BCUT2D eigenvalue weighted by molar-refractivity contribution is 0.138. The first-order chi connectivity index (χ1) is 11.1. The molecule has 0 bridgehead atoms. The summed E-state index contributed by atoms with van der Waals surface area (Å²) >= 11 is 0. The zero-order chi connectivity index (χ0) is 17.1. The Bertz CT molecular complexity index is 342. The molecule has 1 saturated carbocycles. The molecule has 0 spiro atoms. The van der Waals surface area contributed by atoms with E-state index in [-0.39, 0.29) is 24.0 Å². The summed E-state index contributed by atoms with van der Waals surface area (Å²) in [6.45, 7) is 11.6. The van der Waals surface area contributed by atoms with Crippen LogP contribution in [0.1, 0.15) is 52.9 Å². The molecule has 0 aromatic rings. The van der Waals surface area contributed by atoms with E-state index in [0.29, 0.717) is 11.5 Å². The van der Waals surface area contributed by atoms with Crippen LogP contribution in [0.25, 0.3) is 0 Å². The van der Waals surface area contributed by atoms with Gasteiger partial charge in [-0.25, -0.2) is 0 Å². The highest BCUT2D eigenvalue weighted by Crippen LogP contribution is 2.40. The standard InChI is InChI=1S/C18H38N4O.HI/c1-6-22(7-2)16(3)14-20-17(19-4)21-15-18(12-13-23-5)10-8-9-11-18;/h16H,6-15H2,1-5H3,(H2,19,20,21);1H. The first kappa shape index (κ1) is 23.9. The molecule has 0 aromatic carbocycles. The summed E-state index contributed by atoms with van der Waals surface area (Å²) in [7, 11) is 3.65. The fraction of sp³-hybridized carbons (Fsp3) is 0.944. The number of hydrogen-bond acceptors (Lipinski definition) is 3. The zero-order valence-corrected chi connectivity index (χ0v) is 18.7. The number of halogens is 1. The molecule has 24 heavy (non-hydrogen) atoms. The summed E-state index contributed by atoms with van der Waals surface area (Å²) in [5.41, 5.74) is 0.387. The SMILES string of the molecule is CCN(CC)C(C)CNC(=NC)NCC1(CCOC)CCCC1.I. The van der Waals surface area contributed by atoms with Crippen molar-refractivity contribution in [1.29, 1.82) is 0 Å². The van der Waals surface area contributed by atoms with Crippen molar-refractivity contribution in [1.82, 2.24) is 15.5 Å². The number of nitrogens with one attached hydrogen (secondary N) is 2. The molecule has 0 radical (unpaired) electrons. The van der Waals surface area contributed by atoms with Gasteiger partial charge in [-0.1, -0.05) is 26.7 Å². The zero-order valence-electron chi connectivity index (χ0n) is 16.4. The maximum Gasteiger partial charge on any atom is 0.191 e. The molecule has 5 nitrogen and oxygen atoms in total. The number of rotatable bonds is 10. The lowest BCUT2D eigenvalue weighted by Crippen LogP contribution is -2.48. The molecule has 1 unspecified atom stereocenters. The third kappa shape index (κ3) is 7.87. The smallest absolute Gasteiger partial charge is 0.191 e. The average Bonchev–Trinajstić information content (AvgIpc) is 3.03. The number of guanidine groups is 1. The maximum absolute atomic E-state index is 5.31. The lowest BCUT2D eigenvalue weighted by Gasteiger charge is -2.31. The molecule has 0 heterocycles. The molecule has 1 rings (SSSR count). The average molecular weight is 454 g/mol. The number of nitrogens with zero attached hydrogens (tertiary/aromatic N) is 2. The van der Waals surface area contributed by atoms with Gasteiger partial charge in [-0.3, -0.25) is 9.89 Å². The highest BCUT2D eigenvalue weighted by Gasteiger charge is 2.33. The predicted molar refractivity (Wildman–Crippen MR) is 115 cm³/mol. The monoisotopic (exact) mass is 454 g/mol. The molecule has 2 N–H and O–H groups in total. The van der Waals surface area contributed by atoms with Crippen LogP contribution in [0.4, 0.5) is 0 Å². The van der Waals surface area contributed by atoms with Crippen LogP contribution in [0.2, 0.25) is 0 Å². The summed E-state index contributed by atoms with van der Waals surface area (Å²) in [5, 5.41) is 7.04. The second kappa shape index (κ2) is 13.2. The van der Waals surface area contributed by atoms with E-state index in [2.05, 4.69) is 41.3 Å². The van der Waals surface area contributed by atoms with Crippen molar-refractivity contribution in [3.8, 4) is 0 Å². The van der Waals surface area contributed by atoms with Crippen molar-refractivity contribution >= 4 is 29.9 Å². The number of aliphatic imine (C=N–C) groups is 1. The Morgan fingerprint density at radius 1 is 1.21 bits per heavy atom. The van der Waals surface area contributed by atoms with Crippen molar-refractivity contribution in [3.05, 3.63) is 0 Å². The second-order valence-corrected chi connectivity index (χ2v) is 6.83. The number of hydrogen-bond donors (Lipinski definition) is 2. The van der Waals surface area contributed by atoms with Crippen LogP contribution >= 0.6 is 24.0 Å². The Balaban J connectivity index is 0.00000529. The summed E-state index contributed by atoms with van der Waals surface area (Å²) in [5.74, 6) is 0.924. The summed E-state index contributed by atoms with van der Waals surface area (Å²) < 4.78 is 5.31. The molecule has 0 aliphatic heterocycles. The number of methoxy groups -OCH3 is 1. The fourth-order valence-corrected chi connectivity index (χ4v) is 3.67. The molecule has 0 amide bonds. The largest absolute Gasteiger partial charge is 0.385 e. The van der Waals surface area contributed by atoms with Gasteiger partial charge in [0.15, 0.2) is 5.96 Å². The molecule has 6 heteroatoms. The Morgan fingerprint density at radius 3 is 2.33 bits per heavy atom. The first-order valence-corrected chi connectivity index (χ1v) is 9.28. The lowest BCUT2D eigenvalue weighted by atomic mass is 9.83. The van der Waals surface area contributed by atoms with E-state index in [1.165, 1.54) is 25.7 Å². The van der Waals surface area contributed by atoms with Crippen molar-refractivity contribution in [3.63, 3.8) is 0 Å². The van der Waals surface area contributed by atoms with E-state index in [1.807, 2.05) is 7.05 Å². The molecule has 1 aliphatic rings. The molecule has 1 aliphatic carbocycles. The normalized spacial score (nSPS) is 18.3. The maximum atomic E-state index is 5.31. The van der Waals surface area contributed by atoms with Gasteiger partial charge in [-0.05, 0) is 44.7 Å². The van der Waals surface area contributed by atoms with Crippen LogP contribution in [0.5, 0.6) is 0 Å². The molecule has 1 fully saturated rings. The highest BCUT2D eigenvalue weighted by molar-refractivity contribution is 14.0. The van der Waals surface area contributed by atoms with Gasteiger partial charge in [-0.2, -0.15) is 0 Å². The summed E-state index contributed by atoms with van der Waals surface area (Å²) in [4.78, 5) is 6.84. The second-order valence-electron chi connectivity index (χ2n) is 6.83. The van der Waals surface area contributed by atoms with Crippen LogP contribution < -0.4 is 10.6 Å². The molecule has 144 valence electrons. The highest BCUT2D eigenvalue weighted by atomic mass is 127. The van der Waals surface area contributed by atoms with E-state index in [4.69, 9.17) is 4.74 Å². The Morgan fingerprint density at radius 2 is 1.83 bits per heavy atom. The van der Waals surface area contributed by atoms with E-state index >= 15 is 0 Å². The van der Waals surface area contributed by atoms with Crippen LogP contribution in [-0.4, -0.2) is 63.8 Å². The minimum atomic E-state index is 0. The molecule has 1 atom stereocenters. The Kier molecular flexibility index (Phi) is 13.1. The molecular weight excluding hydrogens is 415 g/mol. The number of likely N-dealkylation sites (N-methyl/N-ethyl adjacent to an activating group) is 1. The third-order valence-electron chi connectivity index (χ3n) is 5.36. The van der Waals surface area contributed by atoms with Gasteiger partial charge in [0.1, 0.15) is 0 Å². The van der Waals surface area contributed by atoms with Crippen molar-refractivity contribution in [2.24, 2.45) is 10.4 Å². The topological polar surface area (TPSA) is 48.9 Å². The molecule has 0 aromatic heterocycles. The van der Waals surface area contributed by atoms with Gasteiger partial charge >= 0.3 is 0 Å². The fourth-order valence-electron chi connectivity index (χ4n) is 3.67. The molecular formula is C18H39IN4O. The van der Waals surface area contributed by atoms with E-state index in [1.54, 1.807) is 7.11 Å². The summed E-state index contributed by atoms with van der Waals surface area (Å²) in [6.07, 6.45) is 6.43.